The number of furan rings is 1. The lowest BCUT2D eigenvalue weighted by atomic mass is 9.96. The summed E-state index contributed by atoms with van der Waals surface area (Å²) in [6.45, 7) is 2.20. The van der Waals surface area contributed by atoms with Crippen LogP contribution in [0.15, 0.2) is 77.4 Å². The largest absolute Gasteiger partial charge is 0.475 e. The van der Waals surface area contributed by atoms with E-state index in [1.807, 2.05) is 60.7 Å². The van der Waals surface area contributed by atoms with E-state index >= 15 is 0 Å². The van der Waals surface area contributed by atoms with Gasteiger partial charge in [-0.2, -0.15) is 4.52 Å². The average Bonchev–Trinajstić information content (AvgIpc) is 3.66. The number of aromatic nitrogens is 6. The monoisotopic (exact) mass is 510 g/mol. The normalized spacial score (nSPS) is 14.1. The van der Waals surface area contributed by atoms with Gasteiger partial charge in [-0.25, -0.2) is 0 Å². The molecule has 6 rings (SSSR count). The third-order valence-electron chi connectivity index (χ3n) is 6.54. The molecule has 0 atom stereocenters. The first-order valence-corrected chi connectivity index (χ1v) is 12.6. The molecule has 1 saturated heterocycles. The molecular weight excluding hydrogens is 484 g/mol. The van der Waals surface area contributed by atoms with Gasteiger partial charge < -0.3 is 19.4 Å². The van der Waals surface area contributed by atoms with Gasteiger partial charge in [-0.15, -0.1) is 25.5 Å². The molecule has 1 fully saturated rings. The fourth-order valence-corrected chi connectivity index (χ4v) is 4.51. The number of benzene rings is 1. The number of hydrogen-bond acceptors (Lipinski definition) is 9. The fraction of sp³-hybridized carbons (Fsp3) is 0.259. The fourth-order valence-electron chi connectivity index (χ4n) is 4.51. The summed E-state index contributed by atoms with van der Waals surface area (Å²) in [5, 5.41) is 24.5. The minimum atomic E-state index is -0.0403. The Bertz CT molecular complexity index is 1490. The maximum atomic E-state index is 12.7. The molecule has 5 heterocycles. The van der Waals surface area contributed by atoms with Crippen molar-refractivity contribution in [3.63, 3.8) is 0 Å². The zero-order chi connectivity index (χ0) is 25.7. The topological polar surface area (TPSA) is 124 Å². The molecule has 4 aromatic heterocycles. The smallest absolute Gasteiger partial charge is 0.231 e. The van der Waals surface area contributed by atoms with Crippen LogP contribution in [0.2, 0.25) is 0 Å². The Balaban J connectivity index is 0.968. The molecular formula is C27H26N8O3. The molecule has 0 aliphatic carbocycles. The van der Waals surface area contributed by atoms with E-state index in [1.165, 1.54) is 0 Å². The number of nitrogens with one attached hydrogen (secondary N) is 1. The Hall–Kier alpha value is -4.80. The van der Waals surface area contributed by atoms with E-state index in [1.54, 1.807) is 16.8 Å². The van der Waals surface area contributed by atoms with Crippen LogP contribution in [0.5, 0.6) is 5.88 Å². The highest BCUT2D eigenvalue weighted by molar-refractivity contribution is 5.79. The summed E-state index contributed by atoms with van der Waals surface area (Å²) in [7, 11) is 0. The molecule has 11 heteroatoms. The van der Waals surface area contributed by atoms with Gasteiger partial charge in [-0.05, 0) is 43.2 Å². The van der Waals surface area contributed by atoms with Crippen LogP contribution in [0, 0.1) is 5.92 Å². The molecule has 0 bridgehead atoms. The molecule has 1 N–H and O–H groups in total. The summed E-state index contributed by atoms with van der Waals surface area (Å²) in [4.78, 5) is 14.9. The lowest BCUT2D eigenvalue weighted by Gasteiger charge is -2.31. The van der Waals surface area contributed by atoms with E-state index in [0.29, 0.717) is 42.0 Å². The van der Waals surface area contributed by atoms with E-state index < -0.39 is 0 Å². The minimum Gasteiger partial charge on any atom is -0.475 e. The molecule has 5 aromatic rings. The third kappa shape index (κ3) is 5.03. The number of hydrogen-bond donors (Lipinski definition) is 1. The van der Waals surface area contributed by atoms with E-state index in [0.717, 1.165) is 37.3 Å². The van der Waals surface area contributed by atoms with Gasteiger partial charge in [0.25, 0.3) is 0 Å². The number of carbonyl (C=O) groups is 1. The highest BCUT2D eigenvalue weighted by atomic mass is 16.5. The zero-order valence-corrected chi connectivity index (χ0v) is 20.6. The van der Waals surface area contributed by atoms with Gasteiger partial charge in [-0.1, -0.05) is 30.3 Å². The van der Waals surface area contributed by atoms with Gasteiger partial charge in [0, 0.05) is 30.6 Å². The predicted octanol–water partition coefficient (Wildman–Crippen LogP) is 3.25. The van der Waals surface area contributed by atoms with E-state index in [4.69, 9.17) is 9.15 Å². The first-order valence-electron chi connectivity index (χ1n) is 12.6. The number of carbonyl (C=O) groups excluding carboxylic acids is 1. The molecule has 1 aliphatic rings. The summed E-state index contributed by atoms with van der Waals surface area (Å²) in [5.74, 6) is 2.58. The molecule has 0 radical (unpaired) electrons. The van der Waals surface area contributed by atoms with Crippen molar-refractivity contribution < 1.29 is 13.9 Å². The summed E-state index contributed by atoms with van der Waals surface area (Å²) < 4.78 is 12.8. The van der Waals surface area contributed by atoms with Crippen LogP contribution in [0.4, 0.5) is 5.82 Å². The van der Waals surface area contributed by atoms with Gasteiger partial charge >= 0.3 is 0 Å². The number of rotatable bonds is 8. The second-order valence-corrected chi connectivity index (χ2v) is 8.99. The van der Waals surface area contributed by atoms with Gasteiger partial charge in [-0.3, -0.25) is 4.79 Å². The van der Waals surface area contributed by atoms with Gasteiger partial charge in [0.05, 0.1) is 12.8 Å². The average molecular weight is 511 g/mol. The first-order chi connectivity index (χ1) is 18.7. The van der Waals surface area contributed by atoms with Crippen molar-refractivity contribution in [2.24, 2.45) is 5.92 Å². The van der Waals surface area contributed by atoms with Crippen molar-refractivity contribution in [2.45, 2.75) is 12.8 Å². The van der Waals surface area contributed by atoms with Crippen molar-refractivity contribution in [3.05, 3.63) is 73.0 Å². The van der Waals surface area contributed by atoms with Crippen LogP contribution >= 0.6 is 0 Å². The third-order valence-corrected chi connectivity index (χ3v) is 6.54. The highest BCUT2D eigenvalue weighted by Crippen LogP contribution is 2.24. The molecule has 192 valence electrons. The highest BCUT2D eigenvalue weighted by Gasteiger charge is 2.25. The second kappa shape index (κ2) is 10.7. The summed E-state index contributed by atoms with van der Waals surface area (Å²) in [5.41, 5.74) is 2.25. The molecule has 1 amide bonds. The predicted molar refractivity (Wildman–Crippen MR) is 139 cm³/mol. The van der Waals surface area contributed by atoms with Crippen molar-refractivity contribution in [1.29, 1.82) is 0 Å². The van der Waals surface area contributed by atoms with Crippen LogP contribution in [-0.4, -0.2) is 62.2 Å². The Labute approximate surface area is 218 Å². The van der Waals surface area contributed by atoms with Crippen LogP contribution in [0.25, 0.3) is 28.5 Å². The molecule has 1 aliphatic heterocycles. The summed E-state index contributed by atoms with van der Waals surface area (Å²) in [6.07, 6.45) is 3.12. The second-order valence-electron chi connectivity index (χ2n) is 8.99. The maximum absolute atomic E-state index is 12.7. The van der Waals surface area contributed by atoms with Crippen LogP contribution < -0.4 is 15.0 Å². The van der Waals surface area contributed by atoms with Gasteiger partial charge in [0.15, 0.2) is 23.0 Å². The quantitative estimate of drug-likeness (QED) is 0.313. The molecule has 0 unspecified atom stereocenters. The summed E-state index contributed by atoms with van der Waals surface area (Å²) in [6, 6.07) is 20.8. The zero-order valence-electron chi connectivity index (χ0n) is 20.6. The SMILES string of the molecule is O=C(NCCOc1ccc2nnc(-c3ccccc3)n2n1)C1CCN(c2ccc(-c3ccco3)nn2)CC1. The number of piperidine rings is 1. The Morgan fingerprint density at radius 1 is 0.947 bits per heavy atom. The lowest BCUT2D eigenvalue weighted by Crippen LogP contribution is -2.41. The number of nitrogens with zero attached hydrogens (tertiary/aromatic N) is 7. The number of ether oxygens (including phenoxy) is 1. The minimum absolute atomic E-state index is 0.0403. The van der Waals surface area contributed by atoms with Crippen molar-refractivity contribution in [2.75, 3.05) is 31.1 Å². The van der Waals surface area contributed by atoms with Gasteiger partial charge in [0.2, 0.25) is 11.8 Å². The Kier molecular flexibility index (Phi) is 6.62. The number of fused-ring (bicyclic) bond motifs is 1. The number of amides is 1. The first kappa shape index (κ1) is 23.6. The van der Waals surface area contributed by atoms with Gasteiger partial charge in [0.1, 0.15) is 12.3 Å². The van der Waals surface area contributed by atoms with Crippen LogP contribution in [0.3, 0.4) is 0 Å². The Morgan fingerprint density at radius 2 is 1.82 bits per heavy atom. The molecule has 1 aromatic carbocycles. The van der Waals surface area contributed by atoms with E-state index in [9.17, 15) is 4.79 Å². The molecule has 0 spiro atoms. The van der Waals surface area contributed by atoms with Crippen LogP contribution in [0.1, 0.15) is 12.8 Å². The standard InChI is InChI=1S/C27H26N8O3/c36-27(20-12-15-34(16-13-20)23-9-8-21(29-30-23)22-7-4-17-37-22)28-14-18-38-25-11-10-24-31-32-26(35(24)33-25)19-5-2-1-3-6-19/h1-11,17,20H,12-16,18H2,(H,28,36). The molecule has 38 heavy (non-hydrogen) atoms. The summed E-state index contributed by atoms with van der Waals surface area (Å²) >= 11 is 0. The lowest BCUT2D eigenvalue weighted by molar-refractivity contribution is -0.125. The van der Waals surface area contributed by atoms with Crippen molar-refractivity contribution >= 4 is 17.4 Å². The van der Waals surface area contributed by atoms with Crippen molar-refractivity contribution in [1.82, 2.24) is 35.3 Å². The molecule has 11 nitrogen and oxygen atoms in total. The molecule has 0 saturated carbocycles. The Morgan fingerprint density at radius 3 is 2.58 bits per heavy atom. The van der Waals surface area contributed by atoms with Crippen molar-refractivity contribution in [3.8, 4) is 28.7 Å². The number of anilines is 1. The maximum Gasteiger partial charge on any atom is 0.231 e. The van der Waals surface area contributed by atoms with E-state index in [-0.39, 0.29) is 11.8 Å². The van der Waals surface area contributed by atoms with Crippen LogP contribution in [-0.2, 0) is 4.79 Å². The van der Waals surface area contributed by atoms with E-state index in [2.05, 4.69) is 35.7 Å².